The third kappa shape index (κ3) is 3.46. The molecule has 0 aliphatic rings. The van der Waals surface area contributed by atoms with Crippen LogP contribution in [0.3, 0.4) is 0 Å². The highest BCUT2D eigenvalue weighted by atomic mass is 15.1. The van der Waals surface area contributed by atoms with Gasteiger partial charge in [-0.05, 0) is 59.2 Å². The predicted octanol–water partition coefficient (Wildman–Crippen LogP) is 7.01. The second-order valence-electron chi connectivity index (χ2n) is 6.84. The topological polar surface area (TPSA) is 3.24 Å². The maximum absolute atomic E-state index is 2.43. The van der Waals surface area contributed by atoms with Crippen LogP contribution in [0.4, 0.5) is 5.69 Å². The quantitative estimate of drug-likeness (QED) is 0.276. The van der Waals surface area contributed by atoms with Gasteiger partial charge in [0.2, 0.25) is 0 Å². The lowest BCUT2D eigenvalue weighted by atomic mass is 9.97. The standard InChI is InChI=1S/C26H25N/c1-3-27(4-2)26-17-15-23-18-21-12-8-9-13-22(21)19-25(23)24(26)16-14-20-10-6-5-7-11-20/h5-19H,3-4H2,1-2H3. The summed E-state index contributed by atoms with van der Waals surface area (Å²) in [5, 5.41) is 5.18. The first-order valence-electron chi connectivity index (χ1n) is 9.73. The van der Waals surface area contributed by atoms with Gasteiger partial charge in [0.1, 0.15) is 0 Å². The Balaban J connectivity index is 1.96. The Morgan fingerprint density at radius 3 is 2.04 bits per heavy atom. The summed E-state index contributed by atoms with van der Waals surface area (Å²) < 4.78 is 0. The van der Waals surface area contributed by atoms with E-state index in [1.165, 1.54) is 38.4 Å². The SMILES string of the molecule is CCN(CC)c1ccc2cc3ccccc3cc2c1C=Cc1ccccc1. The average molecular weight is 351 g/mol. The summed E-state index contributed by atoms with van der Waals surface area (Å²) in [6.45, 7) is 6.45. The molecule has 0 amide bonds. The smallest absolute Gasteiger partial charge is 0.0446 e. The average Bonchev–Trinajstić information content (AvgIpc) is 2.73. The second-order valence-corrected chi connectivity index (χ2v) is 6.84. The summed E-state index contributed by atoms with van der Waals surface area (Å²) in [7, 11) is 0. The molecule has 0 saturated carbocycles. The molecular formula is C26H25N. The number of hydrogen-bond donors (Lipinski definition) is 0. The van der Waals surface area contributed by atoms with E-state index in [1.807, 2.05) is 0 Å². The molecule has 1 heteroatoms. The number of hydrogen-bond acceptors (Lipinski definition) is 1. The predicted molar refractivity (Wildman–Crippen MR) is 120 cm³/mol. The summed E-state index contributed by atoms with van der Waals surface area (Å²) in [6.07, 6.45) is 4.50. The molecule has 4 aromatic rings. The van der Waals surface area contributed by atoms with E-state index in [1.54, 1.807) is 0 Å². The number of anilines is 1. The van der Waals surface area contributed by atoms with Gasteiger partial charge in [0, 0.05) is 24.3 Å². The van der Waals surface area contributed by atoms with Crippen LogP contribution >= 0.6 is 0 Å². The van der Waals surface area contributed by atoms with E-state index in [9.17, 15) is 0 Å². The molecule has 0 spiro atoms. The molecule has 0 N–H and O–H groups in total. The minimum atomic E-state index is 1.00. The van der Waals surface area contributed by atoms with Gasteiger partial charge < -0.3 is 4.90 Å². The van der Waals surface area contributed by atoms with Gasteiger partial charge >= 0.3 is 0 Å². The molecule has 0 saturated heterocycles. The van der Waals surface area contributed by atoms with Crippen molar-refractivity contribution in [2.45, 2.75) is 13.8 Å². The highest BCUT2D eigenvalue weighted by Crippen LogP contribution is 2.33. The van der Waals surface area contributed by atoms with Crippen LogP contribution in [0.25, 0.3) is 33.7 Å². The lowest BCUT2D eigenvalue weighted by Crippen LogP contribution is -2.22. The lowest BCUT2D eigenvalue weighted by Gasteiger charge is -2.24. The molecular weight excluding hydrogens is 326 g/mol. The zero-order valence-corrected chi connectivity index (χ0v) is 16.0. The number of benzene rings is 4. The van der Waals surface area contributed by atoms with Crippen molar-refractivity contribution < 1.29 is 0 Å². The normalized spacial score (nSPS) is 11.5. The van der Waals surface area contributed by atoms with Crippen molar-refractivity contribution in [3.8, 4) is 0 Å². The van der Waals surface area contributed by atoms with Crippen LogP contribution in [0.1, 0.15) is 25.0 Å². The van der Waals surface area contributed by atoms with E-state index < -0.39 is 0 Å². The van der Waals surface area contributed by atoms with E-state index in [0.717, 1.165) is 13.1 Å². The van der Waals surface area contributed by atoms with Gasteiger partial charge in [-0.2, -0.15) is 0 Å². The molecule has 0 heterocycles. The Morgan fingerprint density at radius 1 is 0.667 bits per heavy atom. The molecule has 4 rings (SSSR count). The third-order valence-electron chi connectivity index (χ3n) is 5.25. The highest BCUT2D eigenvalue weighted by Gasteiger charge is 2.11. The fourth-order valence-corrected chi connectivity index (χ4v) is 3.78. The van der Waals surface area contributed by atoms with Crippen LogP contribution in [0.2, 0.25) is 0 Å². The van der Waals surface area contributed by atoms with Crippen molar-refractivity contribution >= 4 is 39.4 Å². The van der Waals surface area contributed by atoms with E-state index in [0.29, 0.717) is 0 Å². The minimum absolute atomic E-state index is 1.00. The summed E-state index contributed by atoms with van der Waals surface area (Å²) in [6, 6.07) is 28.3. The number of rotatable bonds is 5. The second kappa shape index (κ2) is 7.67. The van der Waals surface area contributed by atoms with E-state index in [4.69, 9.17) is 0 Å². The lowest BCUT2D eigenvalue weighted by molar-refractivity contribution is 0.866. The molecule has 0 bridgehead atoms. The van der Waals surface area contributed by atoms with Gasteiger partial charge in [0.25, 0.3) is 0 Å². The molecule has 0 unspecified atom stereocenters. The van der Waals surface area contributed by atoms with Crippen molar-refractivity contribution in [3.05, 3.63) is 90.0 Å². The first kappa shape index (κ1) is 17.4. The van der Waals surface area contributed by atoms with Crippen molar-refractivity contribution in [1.82, 2.24) is 0 Å². The molecule has 134 valence electrons. The number of nitrogens with zero attached hydrogens (tertiary/aromatic N) is 1. The third-order valence-corrected chi connectivity index (χ3v) is 5.25. The van der Waals surface area contributed by atoms with Crippen LogP contribution in [0.15, 0.2) is 78.9 Å². The van der Waals surface area contributed by atoms with Crippen molar-refractivity contribution in [2.24, 2.45) is 0 Å². The fourth-order valence-electron chi connectivity index (χ4n) is 3.78. The largest absolute Gasteiger partial charge is 0.372 e. The molecule has 0 atom stereocenters. The van der Waals surface area contributed by atoms with Crippen LogP contribution < -0.4 is 4.90 Å². The first-order valence-corrected chi connectivity index (χ1v) is 9.73. The molecule has 27 heavy (non-hydrogen) atoms. The monoisotopic (exact) mass is 351 g/mol. The Morgan fingerprint density at radius 2 is 1.33 bits per heavy atom. The Hall–Kier alpha value is -3.06. The van der Waals surface area contributed by atoms with E-state index in [-0.39, 0.29) is 0 Å². The highest BCUT2D eigenvalue weighted by molar-refractivity contribution is 6.05. The summed E-state index contributed by atoms with van der Waals surface area (Å²) in [5.74, 6) is 0. The molecule has 0 fully saturated rings. The van der Waals surface area contributed by atoms with Crippen LogP contribution in [-0.2, 0) is 0 Å². The molecule has 0 aromatic heterocycles. The molecule has 4 aromatic carbocycles. The van der Waals surface area contributed by atoms with Gasteiger partial charge in [0.05, 0.1) is 0 Å². The van der Waals surface area contributed by atoms with Gasteiger partial charge in [-0.25, -0.2) is 0 Å². The van der Waals surface area contributed by atoms with Gasteiger partial charge in [-0.3, -0.25) is 0 Å². The maximum atomic E-state index is 2.43. The molecule has 0 aliphatic carbocycles. The zero-order chi connectivity index (χ0) is 18.6. The van der Waals surface area contributed by atoms with Gasteiger partial charge in [-0.1, -0.05) is 72.8 Å². The summed E-state index contributed by atoms with van der Waals surface area (Å²) in [4.78, 5) is 2.43. The molecule has 0 aliphatic heterocycles. The zero-order valence-electron chi connectivity index (χ0n) is 16.0. The van der Waals surface area contributed by atoms with E-state index in [2.05, 4.69) is 110 Å². The van der Waals surface area contributed by atoms with Crippen molar-refractivity contribution in [1.29, 1.82) is 0 Å². The molecule has 0 radical (unpaired) electrons. The van der Waals surface area contributed by atoms with Gasteiger partial charge in [0.15, 0.2) is 0 Å². The minimum Gasteiger partial charge on any atom is -0.372 e. The maximum Gasteiger partial charge on any atom is 0.0446 e. The van der Waals surface area contributed by atoms with Gasteiger partial charge in [-0.15, -0.1) is 0 Å². The Kier molecular flexibility index (Phi) is 4.93. The summed E-state index contributed by atoms with van der Waals surface area (Å²) in [5.41, 5.74) is 3.82. The van der Waals surface area contributed by atoms with Crippen molar-refractivity contribution in [3.63, 3.8) is 0 Å². The fraction of sp³-hybridized carbons (Fsp3) is 0.154. The van der Waals surface area contributed by atoms with Crippen molar-refractivity contribution in [2.75, 3.05) is 18.0 Å². The van der Waals surface area contributed by atoms with E-state index >= 15 is 0 Å². The Labute approximate surface area is 161 Å². The number of fused-ring (bicyclic) bond motifs is 2. The van der Waals surface area contributed by atoms with Crippen LogP contribution in [-0.4, -0.2) is 13.1 Å². The first-order chi connectivity index (χ1) is 13.3. The van der Waals surface area contributed by atoms with Crippen LogP contribution in [0, 0.1) is 0 Å². The molecule has 1 nitrogen and oxygen atoms in total. The Bertz CT molecular complexity index is 1090. The van der Waals surface area contributed by atoms with Crippen LogP contribution in [0.5, 0.6) is 0 Å². The summed E-state index contributed by atoms with van der Waals surface area (Å²) >= 11 is 0.